The second-order valence-electron chi connectivity index (χ2n) is 14.5. The van der Waals surface area contributed by atoms with Crippen molar-refractivity contribution in [2.45, 2.75) is 126 Å². The molecule has 0 radical (unpaired) electrons. The summed E-state index contributed by atoms with van der Waals surface area (Å²) in [6.07, 6.45) is 10.6. The molecule has 5 amide bonds. The average molecular weight is 724 g/mol. The first-order valence-electron chi connectivity index (χ1n) is 18.3. The van der Waals surface area contributed by atoms with Crippen LogP contribution in [-0.2, 0) is 47.0 Å². The van der Waals surface area contributed by atoms with Gasteiger partial charge in [-0.15, -0.1) is 6.58 Å². The van der Waals surface area contributed by atoms with E-state index in [-0.39, 0.29) is 31.7 Å². The summed E-state index contributed by atoms with van der Waals surface area (Å²) in [5.41, 5.74) is 1.56. The standard InChI is InChI=1S/C37H49N5O8S/c1-3-5-15-30-34(45)42-22-27(19-31(42)33(44)39-37(20-26(37)4-2)35(46)40-51(48,49)28-17-18-28)50-36(47)41-21-25-14-11-13-24(29(25)23-41)12-9-7-6-8-10-16-32(43)38-30/h4,9,11-14,26-28,30-31H,2-3,5-8,10,15-23H2,1H3,(H,38,43)(H,39,44)(H,40,46)/b12-9+/t26-,27+,30-,31-,37+/m0/s1. The Balaban J connectivity index is 1.25. The zero-order valence-electron chi connectivity index (χ0n) is 29.2. The van der Waals surface area contributed by atoms with Crippen LogP contribution in [0.5, 0.6) is 0 Å². The van der Waals surface area contributed by atoms with Gasteiger partial charge in [-0.1, -0.05) is 62.6 Å². The number of allylic oxidation sites excluding steroid dienone is 1. The molecule has 0 unspecified atom stereocenters. The number of carbonyl (C=O) groups excluding carboxylic acids is 5. The summed E-state index contributed by atoms with van der Waals surface area (Å²) < 4.78 is 33.4. The number of ether oxygens (including phenoxy) is 1. The molecular formula is C37H49N5O8S. The Hall–Kier alpha value is -4.20. The molecule has 2 aliphatic carbocycles. The zero-order chi connectivity index (χ0) is 36.3. The lowest BCUT2D eigenvalue weighted by Crippen LogP contribution is -2.58. The number of unbranched alkanes of at least 4 members (excludes halogenated alkanes) is 1. The van der Waals surface area contributed by atoms with Crippen molar-refractivity contribution >= 4 is 45.8 Å². The van der Waals surface area contributed by atoms with Gasteiger partial charge in [-0.25, -0.2) is 13.2 Å². The lowest BCUT2D eigenvalue weighted by Gasteiger charge is -2.30. The molecule has 276 valence electrons. The third kappa shape index (κ3) is 8.15. The van der Waals surface area contributed by atoms with Gasteiger partial charge in [-0.05, 0) is 61.6 Å². The van der Waals surface area contributed by atoms with Gasteiger partial charge in [0, 0.05) is 25.3 Å². The summed E-state index contributed by atoms with van der Waals surface area (Å²) in [4.78, 5) is 71.4. The molecule has 1 aromatic carbocycles. The topological polar surface area (TPSA) is 171 Å². The maximum absolute atomic E-state index is 14.3. The summed E-state index contributed by atoms with van der Waals surface area (Å²) in [6.45, 7) is 6.38. The van der Waals surface area contributed by atoms with Crippen molar-refractivity contribution in [3.05, 3.63) is 53.6 Å². The molecule has 3 fully saturated rings. The van der Waals surface area contributed by atoms with Crippen LogP contribution >= 0.6 is 0 Å². The Labute approximate surface area is 299 Å². The van der Waals surface area contributed by atoms with Crippen LogP contribution in [0.4, 0.5) is 4.79 Å². The van der Waals surface area contributed by atoms with Crippen molar-refractivity contribution in [3.8, 4) is 0 Å². The molecule has 14 heteroatoms. The van der Waals surface area contributed by atoms with Crippen molar-refractivity contribution in [1.29, 1.82) is 0 Å². The molecule has 2 saturated carbocycles. The minimum absolute atomic E-state index is 0.0383. The predicted molar refractivity (Wildman–Crippen MR) is 189 cm³/mol. The van der Waals surface area contributed by atoms with E-state index < -0.39 is 68.7 Å². The summed E-state index contributed by atoms with van der Waals surface area (Å²) in [7, 11) is -3.89. The van der Waals surface area contributed by atoms with E-state index in [1.165, 1.54) is 11.0 Å². The summed E-state index contributed by atoms with van der Waals surface area (Å²) in [5, 5.41) is 5.04. The quantitative estimate of drug-likeness (QED) is 0.326. The summed E-state index contributed by atoms with van der Waals surface area (Å²) in [6, 6.07) is 3.93. The highest BCUT2D eigenvalue weighted by Crippen LogP contribution is 2.45. The van der Waals surface area contributed by atoms with Crippen molar-refractivity contribution in [1.82, 2.24) is 25.2 Å². The molecule has 51 heavy (non-hydrogen) atoms. The highest BCUT2D eigenvalue weighted by molar-refractivity contribution is 7.91. The van der Waals surface area contributed by atoms with Crippen molar-refractivity contribution in [2.24, 2.45) is 5.92 Å². The number of sulfonamides is 1. The first kappa shape index (κ1) is 36.6. The van der Waals surface area contributed by atoms with E-state index in [9.17, 15) is 32.4 Å². The van der Waals surface area contributed by atoms with Crippen molar-refractivity contribution in [2.75, 3.05) is 6.54 Å². The monoisotopic (exact) mass is 723 g/mol. The van der Waals surface area contributed by atoms with Crippen LogP contribution in [0.1, 0.15) is 101 Å². The third-order valence-corrected chi connectivity index (χ3v) is 12.5. The first-order chi connectivity index (χ1) is 24.5. The summed E-state index contributed by atoms with van der Waals surface area (Å²) >= 11 is 0. The molecule has 3 heterocycles. The largest absolute Gasteiger partial charge is 0.444 e. The summed E-state index contributed by atoms with van der Waals surface area (Å²) in [5.74, 6) is -2.75. The van der Waals surface area contributed by atoms with Crippen LogP contribution < -0.4 is 15.4 Å². The lowest BCUT2D eigenvalue weighted by molar-refractivity contribution is -0.142. The molecule has 3 aliphatic heterocycles. The Morgan fingerprint density at radius 1 is 1.14 bits per heavy atom. The number of hydrogen-bond donors (Lipinski definition) is 3. The molecule has 3 N–H and O–H groups in total. The van der Waals surface area contributed by atoms with Gasteiger partial charge >= 0.3 is 6.09 Å². The molecule has 5 atom stereocenters. The molecule has 6 rings (SSSR count). The maximum atomic E-state index is 14.3. The van der Waals surface area contributed by atoms with E-state index in [2.05, 4.69) is 34.1 Å². The highest BCUT2D eigenvalue weighted by atomic mass is 32.2. The normalized spacial score (nSPS) is 29.1. The fraction of sp³-hybridized carbons (Fsp3) is 0.595. The van der Waals surface area contributed by atoms with Gasteiger partial charge in [0.15, 0.2) is 0 Å². The van der Waals surface area contributed by atoms with Crippen molar-refractivity contribution in [3.63, 3.8) is 0 Å². The van der Waals surface area contributed by atoms with Crippen LogP contribution in [0, 0.1) is 5.92 Å². The number of carbonyl (C=O) groups is 5. The van der Waals surface area contributed by atoms with Gasteiger partial charge in [0.1, 0.15) is 23.7 Å². The second kappa shape index (κ2) is 15.2. The van der Waals surface area contributed by atoms with E-state index in [1.54, 1.807) is 4.90 Å². The maximum Gasteiger partial charge on any atom is 0.410 e. The number of hydrogen-bond acceptors (Lipinski definition) is 8. The van der Waals surface area contributed by atoms with E-state index in [0.29, 0.717) is 45.2 Å². The van der Waals surface area contributed by atoms with E-state index in [4.69, 9.17) is 4.74 Å². The number of benzene rings is 1. The third-order valence-electron chi connectivity index (χ3n) is 10.7. The van der Waals surface area contributed by atoms with Gasteiger partial charge in [0.25, 0.3) is 5.91 Å². The van der Waals surface area contributed by atoms with Gasteiger partial charge in [-0.2, -0.15) is 0 Å². The van der Waals surface area contributed by atoms with E-state index in [1.807, 2.05) is 25.1 Å². The average Bonchev–Trinajstić information content (AvgIpc) is 3.99. The van der Waals surface area contributed by atoms with Gasteiger partial charge < -0.3 is 20.3 Å². The number of nitrogens with one attached hydrogen (secondary N) is 3. The second-order valence-corrected chi connectivity index (χ2v) is 16.5. The molecule has 1 aromatic rings. The molecular weight excluding hydrogens is 675 g/mol. The number of nitrogens with zero attached hydrogens (tertiary/aromatic N) is 2. The molecule has 5 aliphatic rings. The van der Waals surface area contributed by atoms with Crippen LogP contribution in [-0.4, -0.2) is 83.5 Å². The Morgan fingerprint density at radius 3 is 2.67 bits per heavy atom. The molecule has 0 spiro atoms. The molecule has 0 aromatic heterocycles. The SMILES string of the molecule is C=C[C@H]1C[C@]1(NC(=O)[C@@H]1C[C@@H]2CN1C(=O)[C@H](CCCC)NC(=O)CCCCC/C=C/c1cccc3c1CN(C3)C(=O)O2)C(=O)NS(=O)(=O)C1CC1. The van der Waals surface area contributed by atoms with Crippen LogP contribution in [0.3, 0.4) is 0 Å². The van der Waals surface area contributed by atoms with E-state index in [0.717, 1.165) is 42.4 Å². The van der Waals surface area contributed by atoms with Crippen LogP contribution in [0.2, 0.25) is 0 Å². The van der Waals surface area contributed by atoms with Gasteiger partial charge in [-0.3, -0.25) is 28.8 Å². The lowest BCUT2D eigenvalue weighted by atomic mass is 10.0. The molecule has 1 saturated heterocycles. The number of rotatable bonds is 9. The number of fused-ring (bicyclic) bond motifs is 3. The van der Waals surface area contributed by atoms with Crippen LogP contribution in [0.25, 0.3) is 6.08 Å². The Kier molecular flexibility index (Phi) is 10.9. The smallest absolute Gasteiger partial charge is 0.410 e. The van der Waals surface area contributed by atoms with Gasteiger partial charge in [0.05, 0.1) is 18.3 Å². The Bertz CT molecular complexity index is 1710. The van der Waals surface area contributed by atoms with E-state index >= 15 is 0 Å². The Morgan fingerprint density at radius 2 is 1.94 bits per heavy atom. The number of amides is 5. The van der Waals surface area contributed by atoms with Crippen molar-refractivity contribution < 1.29 is 37.1 Å². The minimum Gasteiger partial charge on any atom is -0.444 e. The predicted octanol–water partition coefficient (Wildman–Crippen LogP) is 3.43. The minimum atomic E-state index is -3.89. The zero-order valence-corrected chi connectivity index (χ0v) is 30.0. The fourth-order valence-corrected chi connectivity index (χ4v) is 8.78. The van der Waals surface area contributed by atoms with Crippen LogP contribution in [0.15, 0.2) is 36.9 Å². The van der Waals surface area contributed by atoms with Gasteiger partial charge in [0.2, 0.25) is 27.7 Å². The first-order valence-corrected chi connectivity index (χ1v) is 19.8. The fourth-order valence-electron chi connectivity index (χ4n) is 7.41. The molecule has 13 nitrogen and oxygen atoms in total. The molecule has 4 bridgehead atoms. The highest BCUT2D eigenvalue weighted by Gasteiger charge is 2.62.